The van der Waals surface area contributed by atoms with Crippen LogP contribution >= 0.6 is 0 Å². The van der Waals surface area contributed by atoms with E-state index in [0.29, 0.717) is 16.4 Å². The Kier molecular flexibility index (Phi) is 2.42. The molecular formula is C20H12N4O3. The zero-order valence-corrected chi connectivity index (χ0v) is 14.1. The van der Waals surface area contributed by atoms with Crippen molar-refractivity contribution in [2.75, 3.05) is 0 Å². The van der Waals surface area contributed by atoms with Gasteiger partial charge < -0.3 is 9.55 Å². The molecule has 4 heterocycles. The van der Waals surface area contributed by atoms with Crippen LogP contribution in [-0.4, -0.2) is 36.6 Å². The molecule has 0 unspecified atom stereocenters. The van der Waals surface area contributed by atoms with Gasteiger partial charge in [0.1, 0.15) is 5.65 Å². The Labute approximate surface area is 151 Å². The van der Waals surface area contributed by atoms with Gasteiger partial charge in [0.05, 0.1) is 22.2 Å². The number of amides is 2. The summed E-state index contributed by atoms with van der Waals surface area (Å²) in [5.41, 5.74) is 3.56. The number of hydrogen-bond acceptors (Lipinski definition) is 4. The molecule has 7 nitrogen and oxygen atoms in total. The van der Waals surface area contributed by atoms with Crippen molar-refractivity contribution in [3.8, 4) is 0 Å². The maximum Gasteiger partial charge on any atom is 0.286 e. The van der Waals surface area contributed by atoms with Crippen molar-refractivity contribution in [3.63, 3.8) is 0 Å². The summed E-state index contributed by atoms with van der Waals surface area (Å²) >= 11 is 0. The molecule has 0 atom stereocenters. The molecule has 2 amide bonds. The summed E-state index contributed by atoms with van der Waals surface area (Å²) in [6, 6.07) is 11.3. The van der Waals surface area contributed by atoms with Crippen LogP contribution in [-0.2, 0) is 7.05 Å². The highest BCUT2D eigenvalue weighted by Crippen LogP contribution is 2.43. The Hall–Kier alpha value is -3.71. The van der Waals surface area contributed by atoms with E-state index in [1.807, 2.05) is 41.9 Å². The number of nitrogens with one attached hydrogen (secondary N) is 1. The molecule has 3 aromatic heterocycles. The van der Waals surface area contributed by atoms with E-state index in [1.54, 1.807) is 12.3 Å². The van der Waals surface area contributed by atoms with E-state index < -0.39 is 11.8 Å². The van der Waals surface area contributed by atoms with Gasteiger partial charge in [-0.05, 0) is 18.2 Å². The SMILES string of the molecule is Cn1c2ccccc2c2c3c(c4c5cccnc5[nH]c4c21)C(=O)N(O)C3=O. The summed E-state index contributed by atoms with van der Waals surface area (Å²) in [5, 5.41) is 13.2. The summed E-state index contributed by atoms with van der Waals surface area (Å²) in [7, 11) is 1.92. The number of fused-ring (bicyclic) bond motifs is 10. The van der Waals surface area contributed by atoms with Gasteiger partial charge >= 0.3 is 0 Å². The molecule has 2 aromatic carbocycles. The number of hydroxylamine groups is 2. The van der Waals surface area contributed by atoms with Gasteiger partial charge in [-0.25, -0.2) is 4.98 Å². The number of para-hydroxylation sites is 1. The van der Waals surface area contributed by atoms with Crippen LogP contribution in [0.2, 0.25) is 0 Å². The Morgan fingerprint density at radius 3 is 2.48 bits per heavy atom. The van der Waals surface area contributed by atoms with Crippen molar-refractivity contribution in [1.82, 2.24) is 19.6 Å². The van der Waals surface area contributed by atoms with Crippen LogP contribution in [0.4, 0.5) is 0 Å². The monoisotopic (exact) mass is 356 g/mol. The minimum atomic E-state index is -0.709. The molecule has 0 aliphatic carbocycles. The minimum absolute atomic E-state index is 0.209. The van der Waals surface area contributed by atoms with Gasteiger partial charge in [0.25, 0.3) is 11.8 Å². The molecule has 0 radical (unpaired) electrons. The highest BCUT2D eigenvalue weighted by Gasteiger charge is 2.41. The lowest BCUT2D eigenvalue weighted by Gasteiger charge is -2.04. The normalized spacial score (nSPS) is 14.4. The molecule has 1 aliphatic rings. The summed E-state index contributed by atoms with van der Waals surface area (Å²) in [6.07, 6.45) is 1.67. The first kappa shape index (κ1) is 14.5. The standard InChI is InChI=1S/C20H12N4O3/c1-23-11-7-3-2-5-9(11)13-15-14(19(25)24(27)20(15)26)12-10-6-4-8-21-18(10)22-16(12)17(13)23/h2-8,27H,1H3,(H,21,22). The summed E-state index contributed by atoms with van der Waals surface area (Å²) in [4.78, 5) is 33.2. The highest BCUT2D eigenvalue weighted by molar-refractivity contribution is 6.38. The molecule has 5 aromatic rings. The molecule has 7 heteroatoms. The quantitative estimate of drug-likeness (QED) is 0.329. The number of nitrogens with zero attached hydrogens (tertiary/aromatic N) is 3. The number of aryl methyl sites for hydroxylation is 1. The number of rotatable bonds is 0. The van der Waals surface area contributed by atoms with Gasteiger partial charge in [0.2, 0.25) is 0 Å². The number of carbonyl (C=O) groups excluding carboxylic acids is 2. The maximum absolute atomic E-state index is 12.8. The first-order valence-electron chi connectivity index (χ1n) is 8.46. The summed E-state index contributed by atoms with van der Waals surface area (Å²) < 4.78 is 2.00. The molecule has 27 heavy (non-hydrogen) atoms. The van der Waals surface area contributed by atoms with Gasteiger partial charge in [-0.2, -0.15) is 0 Å². The van der Waals surface area contributed by atoms with Crippen LogP contribution in [0.3, 0.4) is 0 Å². The lowest BCUT2D eigenvalue weighted by molar-refractivity contribution is -0.0325. The maximum atomic E-state index is 12.8. The van der Waals surface area contributed by atoms with E-state index in [0.717, 1.165) is 27.3 Å². The Bertz CT molecular complexity index is 1490. The van der Waals surface area contributed by atoms with E-state index in [-0.39, 0.29) is 16.2 Å². The molecular weight excluding hydrogens is 344 g/mol. The number of H-pyrrole nitrogens is 1. The molecule has 6 rings (SSSR count). The lowest BCUT2D eigenvalue weighted by atomic mass is 9.97. The number of pyridine rings is 1. The van der Waals surface area contributed by atoms with Crippen molar-refractivity contribution in [1.29, 1.82) is 0 Å². The van der Waals surface area contributed by atoms with Gasteiger partial charge in [-0.3, -0.25) is 14.8 Å². The number of hydrogen-bond donors (Lipinski definition) is 2. The van der Waals surface area contributed by atoms with Crippen LogP contribution in [0.15, 0.2) is 42.6 Å². The zero-order chi connectivity index (χ0) is 18.4. The predicted octanol–water partition coefficient (Wildman–Crippen LogP) is 3.35. The molecule has 0 saturated heterocycles. The van der Waals surface area contributed by atoms with E-state index in [2.05, 4.69) is 9.97 Å². The molecule has 0 saturated carbocycles. The average Bonchev–Trinajstić information content (AvgIpc) is 3.28. The minimum Gasteiger partial charge on any atom is -0.342 e. The Morgan fingerprint density at radius 1 is 0.963 bits per heavy atom. The fourth-order valence-electron chi connectivity index (χ4n) is 4.38. The molecule has 0 fully saturated rings. The van der Waals surface area contributed by atoms with Crippen LogP contribution in [0.1, 0.15) is 20.7 Å². The fourth-order valence-corrected chi connectivity index (χ4v) is 4.38. The second-order valence-corrected chi connectivity index (χ2v) is 6.75. The van der Waals surface area contributed by atoms with Crippen LogP contribution in [0.25, 0.3) is 43.7 Å². The third-order valence-corrected chi connectivity index (χ3v) is 5.48. The second-order valence-electron chi connectivity index (χ2n) is 6.75. The number of carbonyl (C=O) groups is 2. The van der Waals surface area contributed by atoms with Crippen LogP contribution < -0.4 is 0 Å². The Morgan fingerprint density at radius 2 is 1.67 bits per heavy atom. The largest absolute Gasteiger partial charge is 0.342 e. The predicted molar refractivity (Wildman–Crippen MR) is 99.9 cm³/mol. The van der Waals surface area contributed by atoms with Crippen molar-refractivity contribution in [2.24, 2.45) is 7.05 Å². The number of aromatic nitrogens is 3. The van der Waals surface area contributed by atoms with E-state index in [4.69, 9.17) is 0 Å². The first-order chi connectivity index (χ1) is 13.1. The van der Waals surface area contributed by atoms with E-state index in [1.165, 1.54) is 0 Å². The number of imide groups is 1. The summed E-state index contributed by atoms with van der Waals surface area (Å²) in [5.74, 6) is -1.41. The third-order valence-electron chi connectivity index (χ3n) is 5.48. The van der Waals surface area contributed by atoms with Crippen LogP contribution in [0, 0.1) is 0 Å². The van der Waals surface area contributed by atoms with Crippen molar-refractivity contribution in [2.45, 2.75) is 0 Å². The topological polar surface area (TPSA) is 91.2 Å². The third kappa shape index (κ3) is 1.50. The van der Waals surface area contributed by atoms with E-state index in [9.17, 15) is 14.8 Å². The van der Waals surface area contributed by atoms with Crippen LogP contribution in [0.5, 0.6) is 0 Å². The molecule has 1 aliphatic heterocycles. The molecule has 2 N–H and O–H groups in total. The van der Waals surface area contributed by atoms with Crippen molar-refractivity contribution < 1.29 is 14.8 Å². The number of benzene rings is 2. The Balaban J connectivity index is 2.05. The summed E-state index contributed by atoms with van der Waals surface area (Å²) in [6.45, 7) is 0. The zero-order valence-electron chi connectivity index (χ0n) is 14.1. The molecule has 0 spiro atoms. The average molecular weight is 356 g/mol. The molecule has 130 valence electrons. The van der Waals surface area contributed by atoms with Gasteiger partial charge in [-0.15, -0.1) is 5.06 Å². The van der Waals surface area contributed by atoms with Crippen molar-refractivity contribution in [3.05, 3.63) is 53.7 Å². The lowest BCUT2D eigenvalue weighted by Crippen LogP contribution is -2.25. The fraction of sp³-hybridized carbons (Fsp3) is 0.0500. The van der Waals surface area contributed by atoms with Gasteiger partial charge in [0.15, 0.2) is 0 Å². The molecule has 0 bridgehead atoms. The van der Waals surface area contributed by atoms with Gasteiger partial charge in [0, 0.05) is 40.3 Å². The highest BCUT2D eigenvalue weighted by atomic mass is 16.5. The van der Waals surface area contributed by atoms with E-state index >= 15 is 0 Å². The second kappa shape index (κ2) is 4.52. The van der Waals surface area contributed by atoms with Crippen molar-refractivity contribution >= 4 is 55.6 Å². The van der Waals surface area contributed by atoms with Gasteiger partial charge in [-0.1, -0.05) is 18.2 Å². The first-order valence-corrected chi connectivity index (χ1v) is 8.46. The smallest absolute Gasteiger partial charge is 0.286 e. The number of aromatic amines is 1.